The molecule has 0 spiro atoms. The van der Waals surface area contributed by atoms with Crippen LogP contribution in [-0.4, -0.2) is 16.2 Å². The summed E-state index contributed by atoms with van der Waals surface area (Å²) in [6.07, 6.45) is 7.36. The van der Waals surface area contributed by atoms with Gasteiger partial charge in [0.2, 0.25) is 4.38 Å². The number of hydrogen-bond donors (Lipinski definition) is 0. The standard InChI is InChI=1S/C9H14OS2/c11-9-10-8(6-12-9)7-4-2-1-3-5-7/h7-8H,1-6H2. The van der Waals surface area contributed by atoms with Crippen molar-refractivity contribution in [3.8, 4) is 0 Å². The molecule has 0 bridgehead atoms. The van der Waals surface area contributed by atoms with Gasteiger partial charge in [0.15, 0.2) is 0 Å². The fraction of sp³-hybridized carbons (Fsp3) is 0.889. The van der Waals surface area contributed by atoms with E-state index in [-0.39, 0.29) is 0 Å². The third-order valence-corrected chi connectivity index (χ3v) is 4.07. The van der Waals surface area contributed by atoms with E-state index in [1.807, 2.05) is 0 Å². The van der Waals surface area contributed by atoms with E-state index in [1.54, 1.807) is 11.8 Å². The Kier molecular flexibility index (Phi) is 2.92. The van der Waals surface area contributed by atoms with Crippen molar-refractivity contribution < 1.29 is 4.74 Å². The molecule has 12 heavy (non-hydrogen) atoms. The first kappa shape index (κ1) is 8.82. The summed E-state index contributed by atoms with van der Waals surface area (Å²) in [6, 6.07) is 0. The molecule has 0 radical (unpaired) electrons. The summed E-state index contributed by atoms with van der Waals surface area (Å²) < 4.78 is 6.36. The van der Waals surface area contributed by atoms with Crippen molar-refractivity contribution in [3.05, 3.63) is 0 Å². The fourth-order valence-corrected chi connectivity index (χ4v) is 3.24. The Hall–Kier alpha value is 0.240. The highest BCUT2D eigenvalue weighted by molar-refractivity contribution is 8.22. The van der Waals surface area contributed by atoms with E-state index >= 15 is 0 Å². The van der Waals surface area contributed by atoms with Crippen LogP contribution in [0.15, 0.2) is 0 Å². The Labute approximate surface area is 83.2 Å². The van der Waals surface area contributed by atoms with E-state index in [0.717, 1.165) is 16.1 Å². The first-order chi connectivity index (χ1) is 5.86. The molecule has 1 heterocycles. The van der Waals surface area contributed by atoms with Crippen molar-refractivity contribution in [1.29, 1.82) is 0 Å². The summed E-state index contributed by atoms with van der Waals surface area (Å²) >= 11 is 6.71. The molecule has 1 unspecified atom stereocenters. The van der Waals surface area contributed by atoms with E-state index in [0.29, 0.717) is 6.10 Å². The van der Waals surface area contributed by atoms with Gasteiger partial charge in [0.1, 0.15) is 6.10 Å². The van der Waals surface area contributed by atoms with E-state index in [9.17, 15) is 0 Å². The summed E-state index contributed by atoms with van der Waals surface area (Å²) in [7, 11) is 0. The highest BCUT2D eigenvalue weighted by atomic mass is 32.2. The molecular formula is C9H14OS2. The quantitative estimate of drug-likeness (QED) is 0.605. The minimum atomic E-state index is 0.447. The van der Waals surface area contributed by atoms with Crippen LogP contribution in [0.2, 0.25) is 0 Å². The van der Waals surface area contributed by atoms with E-state index in [1.165, 1.54) is 32.1 Å². The SMILES string of the molecule is S=C1OC(C2CCCCC2)CS1. The zero-order valence-electron chi connectivity index (χ0n) is 7.12. The average Bonchev–Trinajstić information content (AvgIpc) is 2.54. The zero-order valence-corrected chi connectivity index (χ0v) is 8.76. The van der Waals surface area contributed by atoms with Crippen molar-refractivity contribution >= 4 is 28.4 Å². The molecule has 0 aromatic rings. The van der Waals surface area contributed by atoms with Crippen LogP contribution in [0.3, 0.4) is 0 Å². The third-order valence-electron chi connectivity index (χ3n) is 2.79. The highest BCUT2D eigenvalue weighted by Crippen LogP contribution is 2.33. The second-order valence-electron chi connectivity index (χ2n) is 3.62. The lowest BCUT2D eigenvalue weighted by Gasteiger charge is -2.25. The van der Waals surface area contributed by atoms with Gasteiger partial charge in [0.25, 0.3) is 0 Å². The highest BCUT2D eigenvalue weighted by Gasteiger charge is 2.30. The number of thiocarbonyl (C=S) groups is 1. The van der Waals surface area contributed by atoms with Crippen molar-refractivity contribution in [2.45, 2.75) is 38.2 Å². The molecule has 1 aliphatic carbocycles. The molecule has 1 atom stereocenters. The van der Waals surface area contributed by atoms with Crippen molar-refractivity contribution in [2.24, 2.45) is 5.92 Å². The van der Waals surface area contributed by atoms with E-state index in [4.69, 9.17) is 17.0 Å². The van der Waals surface area contributed by atoms with Gasteiger partial charge < -0.3 is 4.74 Å². The van der Waals surface area contributed by atoms with Crippen molar-refractivity contribution in [1.82, 2.24) is 0 Å². The Bertz CT molecular complexity index is 175. The van der Waals surface area contributed by atoms with Crippen LogP contribution >= 0.6 is 24.0 Å². The maximum absolute atomic E-state index is 5.60. The van der Waals surface area contributed by atoms with Crippen molar-refractivity contribution in [3.63, 3.8) is 0 Å². The molecule has 68 valence electrons. The van der Waals surface area contributed by atoms with Gasteiger partial charge in [-0.25, -0.2) is 0 Å². The Morgan fingerprint density at radius 1 is 1.25 bits per heavy atom. The molecule has 2 rings (SSSR count). The monoisotopic (exact) mass is 202 g/mol. The lowest BCUT2D eigenvalue weighted by molar-refractivity contribution is 0.132. The first-order valence-corrected chi connectivity index (χ1v) is 6.09. The van der Waals surface area contributed by atoms with Crippen LogP contribution in [0.4, 0.5) is 0 Å². The molecule has 1 nitrogen and oxygen atoms in total. The van der Waals surface area contributed by atoms with Gasteiger partial charge in [-0.2, -0.15) is 0 Å². The molecule has 2 fully saturated rings. The Balaban J connectivity index is 1.86. The van der Waals surface area contributed by atoms with Gasteiger partial charge in [-0.3, -0.25) is 0 Å². The molecule has 1 saturated carbocycles. The van der Waals surface area contributed by atoms with Gasteiger partial charge in [0, 0.05) is 5.75 Å². The maximum atomic E-state index is 5.60. The number of hydrogen-bond acceptors (Lipinski definition) is 3. The largest absolute Gasteiger partial charge is 0.474 e. The third kappa shape index (κ3) is 1.94. The molecule has 1 saturated heterocycles. The molecule has 3 heteroatoms. The second kappa shape index (κ2) is 3.97. The number of ether oxygens (including phenoxy) is 1. The normalized spacial score (nSPS) is 32.0. The average molecular weight is 202 g/mol. The molecule has 0 amide bonds. The number of thioether (sulfide) groups is 1. The summed E-state index contributed by atoms with van der Waals surface area (Å²) in [5, 5.41) is 0. The van der Waals surface area contributed by atoms with E-state index < -0.39 is 0 Å². The van der Waals surface area contributed by atoms with E-state index in [2.05, 4.69) is 0 Å². The minimum Gasteiger partial charge on any atom is -0.474 e. The van der Waals surface area contributed by atoms with Gasteiger partial charge in [-0.1, -0.05) is 31.0 Å². The van der Waals surface area contributed by atoms with Crippen LogP contribution in [0.5, 0.6) is 0 Å². The van der Waals surface area contributed by atoms with Crippen LogP contribution in [-0.2, 0) is 4.74 Å². The lowest BCUT2D eigenvalue weighted by atomic mass is 9.86. The molecular weight excluding hydrogens is 188 g/mol. The Morgan fingerprint density at radius 2 is 2.00 bits per heavy atom. The maximum Gasteiger partial charge on any atom is 0.220 e. The summed E-state index contributed by atoms with van der Waals surface area (Å²) in [5.74, 6) is 1.90. The number of rotatable bonds is 1. The fourth-order valence-electron chi connectivity index (χ4n) is 2.08. The summed E-state index contributed by atoms with van der Waals surface area (Å²) in [5.41, 5.74) is 0. The van der Waals surface area contributed by atoms with Crippen LogP contribution < -0.4 is 0 Å². The Morgan fingerprint density at radius 3 is 2.58 bits per heavy atom. The summed E-state index contributed by atoms with van der Waals surface area (Å²) in [6.45, 7) is 0. The molecule has 0 aromatic carbocycles. The van der Waals surface area contributed by atoms with Gasteiger partial charge in [-0.15, -0.1) is 0 Å². The molecule has 0 N–H and O–H groups in total. The minimum absolute atomic E-state index is 0.447. The van der Waals surface area contributed by atoms with Crippen LogP contribution in [0.1, 0.15) is 32.1 Å². The first-order valence-electron chi connectivity index (χ1n) is 4.69. The van der Waals surface area contributed by atoms with Crippen molar-refractivity contribution in [2.75, 3.05) is 5.75 Å². The molecule has 1 aliphatic heterocycles. The van der Waals surface area contributed by atoms with Crippen LogP contribution in [0, 0.1) is 5.92 Å². The smallest absolute Gasteiger partial charge is 0.220 e. The summed E-state index contributed by atoms with van der Waals surface area (Å²) in [4.78, 5) is 0. The molecule has 2 aliphatic rings. The van der Waals surface area contributed by atoms with Gasteiger partial charge in [0.05, 0.1) is 0 Å². The second-order valence-corrected chi connectivity index (χ2v) is 5.24. The zero-order chi connectivity index (χ0) is 8.39. The van der Waals surface area contributed by atoms with Gasteiger partial charge >= 0.3 is 0 Å². The topological polar surface area (TPSA) is 9.23 Å². The molecule has 0 aromatic heterocycles. The predicted molar refractivity (Wildman–Crippen MR) is 56.5 cm³/mol. The predicted octanol–water partition coefficient (Wildman–Crippen LogP) is 2.98. The van der Waals surface area contributed by atoms with Crippen LogP contribution in [0.25, 0.3) is 0 Å². The lowest BCUT2D eigenvalue weighted by Crippen LogP contribution is -2.24. The van der Waals surface area contributed by atoms with Gasteiger partial charge in [-0.05, 0) is 31.0 Å².